The fourth-order valence-electron chi connectivity index (χ4n) is 2.98. The van der Waals surface area contributed by atoms with Crippen LogP contribution in [-0.4, -0.2) is 49.3 Å². The van der Waals surface area contributed by atoms with Crippen molar-refractivity contribution in [2.24, 2.45) is 5.92 Å². The van der Waals surface area contributed by atoms with Gasteiger partial charge >= 0.3 is 0 Å². The number of rotatable bonds is 7. The van der Waals surface area contributed by atoms with E-state index in [1.54, 1.807) is 25.3 Å². The monoisotopic (exact) mass is 340 g/mol. The van der Waals surface area contributed by atoms with Crippen molar-refractivity contribution in [3.05, 3.63) is 23.2 Å². The van der Waals surface area contributed by atoms with Crippen molar-refractivity contribution in [3.63, 3.8) is 0 Å². The Labute approximate surface area is 142 Å². The van der Waals surface area contributed by atoms with Crippen LogP contribution in [0.2, 0.25) is 5.02 Å². The number of aliphatic hydroxyl groups excluding tert-OH is 1. The van der Waals surface area contributed by atoms with Gasteiger partial charge < -0.3 is 20.1 Å². The van der Waals surface area contributed by atoms with E-state index in [1.165, 1.54) is 0 Å². The lowest BCUT2D eigenvalue weighted by Gasteiger charge is -2.22. The number of methoxy groups -OCH3 is 1. The Kier molecular flexibility index (Phi) is 6.69. The van der Waals surface area contributed by atoms with E-state index in [1.807, 2.05) is 7.05 Å². The first-order valence-electron chi connectivity index (χ1n) is 7.99. The normalized spacial score (nSPS) is 20.7. The molecule has 2 unspecified atom stereocenters. The molecule has 23 heavy (non-hydrogen) atoms. The summed E-state index contributed by atoms with van der Waals surface area (Å²) >= 11 is 6.04. The number of carbonyl (C=O) groups excluding carboxylic acids is 1. The van der Waals surface area contributed by atoms with Gasteiger partial charge in [-0.05, 0) is 44.0 Å². The molecular weight excluding hydrogens is 316 g/mol. The molecule has 1 aromatic rings. The lowest BCUT2D eigenvalue weighted by Crippen LogP contribution is -2.32. The molecule has 0 heterocycles. The molecule has 128 valence electrons. The van der Waals surface area contributed by atoms with Crippen LogP contribution in [0, 0.1) is 5.92 Å². The van der Waals surface area contributed by atoms with E-state index in [0.717, 1.165) is 25.8 Å². The van der Waals surface area contributed by atoms with Crippen molar-refractivity contribution < 1.29 is 14.6 Å². The quantitative estimate of drug-likeness (QED) is 0.801. The van der Waals surface area contributed by atoms with Gasteiger partial charge in [-0.15, -0.1) is 0 Å². The third-order valence-corrected chi connectivity index (χ3v) is 4.62. The van der Waals surface area contributed by atoms with Gasteiger partial charge in [0.15, 0.2) is 0 Å². The molecule has 0 aromatic heterocycles. The van der Waals surface area contributed by atoms with Crippen LogP contribution in [0.3, 0.4) is 0 Å². The molecule has 0 radical (unpaired) electrons. The van der Waals surface area contributed by atoms with Gasteiger partial charge in [-0.2, -0.15) is 0 Å². The molecule has 1 aliphatic rings. The molecule has 0 saturated heterocycles. The molecule has 1 aromatic carbocycles. The topological polar surface area (TPSA) is 61.8 Å². The number of hydrogen-bond donors (Lipinski definition) is 2. The highest BCUT2D eigenvalue weighted by Crippen LogP contribution is 2.27. The minimum Gasteiger partial charge on any atom is -0.495 e. The summed E-state index contributed by atoms with van der Waals surface area (Å²) in [4.78, 5) is 14.1. The van der Waals surface area contributed by atoms with E-state index in [9.17, 15) is 9.90 Å². The van der Waals surface area contributed by atoms with Crippen LogP contribution in [0.1, 0.15) is 25.7 Å². The fraction of sp³-hybridized carbons (Fsp3) is 0.588. The van der Waals surface area contributed by atoms with Crippen LogP contribution >= 0.6 is 11.6 Å². The van der Waals surface area contributed by atoms with Crippen molar-refractivity contribution in [1.29, 1.82) is 0 Å². The van der Waals surface area contributed by atoms with Gasteiger partial charge in [0.05, 0.1) is 18.2 Å². The Morgan fingerprint density at radius 2 is 2.26 bits per heavy atom. The van der Waals surface area contributed by atoms with E-state index in [4.69, 9.17) is 16.3 Å². The molecule has 1 aliphatic carbocycles. The lowest BCUT2D eigenvalue weighted by molar-refractivity contribution is -0.116. The Bertz CT molecular complexity index is 539. The molecular formula is C17H25ClN2O3. The highest BCUT2D eigenvalue weighted by atomic mass is 35.5. The highest BCUT2D eigenvalue weighted by molar-refractivity contribution is 6.32. The van der Waals surface area contributed by atoms with Gasteiger partial charge in [-0.3, -0.25) is 4.79 Å². The van der Waals surface area contributed by atoms with Gasteiger partial charge in [-0.1, -0.05) is 18.0 Å². The van der Waals surface area contributed by atoms with Gasteiger partial charge in [0.1, 0.15) is 5.75 Å². The summed E-state index contributed by atoms with van der Waals surface area (Å²) in [5.74, 6) is 0.869. The molecule has 1 fully saturated rings. The third kappa shape index (κ3) is 5.37. The van der Waals surface area contributed by atoms with Crippen LogP contribution in [0.5, 0.6) is 5.75 Å². The number of halogens is 1. The molecule has 2 N–H and O–H groups in total. The molecule has 0 bridgehead atoms. The zero-order chi connectivity index (χ0) is 16.8. The summed E-state index contributed by atoms with van der Waals surface area (Å²) < 4.78 is 5.08. The van der Waals surface area contributed by atoms with Gasteiger partial charge in [-0.25, -0.2) is 0 Å². The minimum absolute atomic E-state index is 0.0509. The number of amides is 1. The third-order valence-electron chi connectivity index (χ3n) is 4.32. The lowest BCUT2D eigenvalue weighted by atomic mass is 10.1. The van der Waals surface area contributed by atoms with Crippen LogP contribution in [0.25, 0.3) is 0 Å². The highest BCUT2D eigenvalue weighted by Gasteiger charge is 2.26. The molecule has 0 aliphatic heterocycles. The van der Waals surface area contributed by atoms with E-state index < -0.39 is 0 Å². The second kappa shape index (κ2) is 8.52. The van der Waals surface area contributed by atoms with Crippen molar-refractivity contribution in [2.45, 2.75) is 31.8 Å². The number of hydrogen-bond acceptors (Lipinski definition) is 4. The average Bonchev–Trinajstić information content (AvgIpc) is 2.90. The number of nitrogens with one attached hydrogen (secondary N) is 1. The zero-order valence-electron chi connectivity index (χ0n) is 13.7. The summed E-state index contributed by atoms with van der Waals surface area (Å²) in [7, 11) is 3.54. The molecule has 1 amide bonds. The first kappa shape index (κ1) is 18.0. The Morgan fingerprint density at radius 1 is 1.48 bits per heavy atom. The largest absolute Gasteiger partial charge is 0.495 e. The SMILES string of the molecule is COc1ccc(NC(=O)CCN(C)CC2CCCC2O)cc1Cl. The zero-order valence-corrected chi connectivity index (χ0v) is 14.5. The Balaban J connectivity index is 1.75. The summed E-state index contributed by atoms with van der Waals surface area (Å²) in [6, 6.07) is 5.17. The van der Waals surface area contributed by atoms with Crippen molar-refractivity contribution in [1.82, 2.24) is 4.90 Å². The van der Waals surface area contributed by atoms with Crippen molar-refractivity contribution in [2.75, 3.05) is 32.6 Å². The van der Waals surface area contributed by atoms with Gasteiger partial charge in [0.2, 0.25) is 5.91 Å². The van der Waals surface area contributed by atoms with E-state index in [2.05, 4.69) is 10.2 Å². The maximum atomic E-state index is 12.0. The number of carbonyl (C=O) groups is 1. The predicted octanol–water partition coefficient (Wildman–Crippen LogP) is 2.77. The maximum absolute atomic E-state index is 12.0. The Morgan fingerprint density at radius 3 is 2.87 bits per heavy atom. The number of nitrogens with zero attached hydrogens (tertiary/aromatic N) is 1. The smallest absolute Gasteiger partial charge is 0.225 e. The Hall–Kier alpha value is -1.30. The summed E-state index contributed by atoms with van der Waals surface area (Å²) in [6.07, 6.45) is 3.29. The summed E-state index contributed by atoms with van der Waals surface area (Å²) in [5.41, 5.74) is 0.662. The molecule has 5 nitrogen and oxygen atoms in total. The van der Waals surface area contributed by atoms with Crippen LogP contribution in [-0.2, 0) is 4.79 Å². The number of anilines is 1. The second-order valence-electron chi connectivity index (χ2n) is 6.17. The summed E-state index contributed by atoms with van der Waals surface area (Å²) in [6.45, 7) is 1.50. The van der Waals surface area contributed by atoms with Crippen molar-refractivity contribution >= 4 is 23.2 Å². The average molecular weight is 341 g/mol. The van der Waals surface area contributed by atoms with Crippen LogP contribution < -0.4 is 10.1 Å². The van der Waals surface area contributed by atoms with Crippen molar-refractivity contribution in [3.8, 4) is 5.75 Å². The second-order valence-corrected chi connectivity index (χ2v) is 6.58. The summed E-state index contributed by atoms with van der Waals surface area (Å²) in [5, 5.41) is 13.2. The van der Waals surface area contributed by atoms with E-state index in [-0.39, 0.29) is 12.0 Å². The van der Waals surface area contributed by atoms with Gasteiger partial charge in [0.25, 0.3) is 0 Å². The van der Waals surface area contributed by atoms with E-state index >= 15 is 0 Å². The molecule has 0 spiro atoms. The number of aliphatic hydroxyl groups is 1. The molecule has 2 atom stereocenters. The molecule has 1 saturated carbocycles. The standard InChI is InChI=1S/C17H25ClN2O3/c1-20(11-12-4-3-5-15(12)21)9-8-17(22)19-13-6-7-16(23-2)14(18)10-13/h6-7,10,12,15,21H,3-5,8-9,11H2,1-2H3,(H,19,22). The fourth-order valence-corrected chi connectivity index (χ4v) is 3.24. The molecule has 2 rings (SSSR count). The molecule has 6 heteroatoms. The van der Waals surface area contributed by atoms with E-state index in [0.29, 0.717) is 35.3 Å². The van der Waals surface area contributed by atoms with Crippen LogP contribution in [0.15, 0.2) is 18.2 Å². The van der Waals surface area contributed by atoms with Gasteiger partial charge in [0, 0.05) is 25.2 Å². The maximum Gasteiger partial charge on any atom is 0.225 e. The minimum atomic E-state index is -0.187. The first-order valence-corrected chi connectivity index (χ1v) is 8.37. The number of ether oxygens (including phenoxy) is 1. The predicted molar refractivity (Wildman–Crippen MR) is 92.1 cm³/mol. The van der Waals surface area contributed by atoms with Crippen LogP contribution in [0.4, 0.5) is 5.69 Å². The number of benzene rings is 1. The first-order chi connectivity index (χ1) is 11.0.